The highest BCUT2D eigenvalue weighted by atomic mass is 16.2. The molecule has 6 heteroatoms. The number of anilines is 1. The molecule has 1 amide bonds. The summed E-state index contributed by atoms with van der Waals surface area (Å²) in [4.78, 5) is 28.9. The molecule has 1 aliphatic heterocycles. The van der Waals surface area contributed by atoms with Crippen molar-refractivity contribution in [2.75, 3.05) is 18.4 Å². The maximum Gasteiger partial charge on any atom is 0.227 e. The van der Waals surface area contributed by atoms with Crippen LogP contribution in [0.15, 0.2) is 24.5 Å². The number of amides is 1. The lowest BCUT2D eigenvalue weighted by Crippen LogP contribution is -2.48. The third kappa shape index (κ3) is 3.49. The van der Waals surface area contributed by atoms with Crippen molar-refractivity contribution in [3.8, 4) is 0 Å². The van der Waals surface area contributed by atoms with Gasteiger partial charge in [-0.1, -0.05) is 6.07 Å². The van der Waals surface area contributed by atoms with E-state index in [4.69, 9.17) is 9.97 Å². The molecule has 29 heavy (non-hydrogen) atoms. The topological polar surface area (TPSA) is 71.0 Å². The number of carbonyl (C=O) groups is 1. The van der Waals surface area contributed by atoms with Gasteiger partial charge in [-0.15, -0.1) is 0 Å². The number of hydrogen-bond donors (Lipinski definition) is 1. The van der Waals surface area contributed by atoms with Crippen LogP contribution < -0.4 is 5.32 Å². The molecule has 2 aromatic heterocycles. The van der Waals surface area contributed by atoms with E-state index >= 15 is 0 Å². The summed E-state index contributed by atoms with van der Waals surface area (Å²) in [6.07, 6.45) is 12.0. The zero-order valence-electron chi connectivity index (χ0n) is 17.2. The van der Waals surface area contributed by atoms with Crippen LogP contribution in [0.4, 0.5) is 5.82 Å². The molecule has 1 saturated carbocycles. The standard InChI is InChI=1S/C23H29N5O/c1-16-25-21-19(22(26-16)27-18-6-2-7-18)8-10-23(21)9-4-12-28(15-23)20(29)13-17-5-3-11-24-14-17/h3,5,11,14,18H,2,4,6-10,12-13,15H2,1H3,(H,25,26,27). The van der Waals surface area contributed by atoms with Crippen LogP contribution in [-0.2, 0) is 23.1 Å². The molecule has 1 unspecified atom stereocenters. The highest BCUT2D eigenvalue weighted by Crippen LogP contribution is 2.46. The third-order valence-electron chi connectivity index (χ3n) is 6.93. The van der Waals surface area contributed by atoms with Gasteiger partial charge in [-0.25, -0.2) is 9.97 Å². The summed E-state index contributed by atoms with van der Waals surface area (Å²) in [5, 5.41) is 3.67. The van der Waals surface area contributed by atoms with E-state index in [9.17, 15) is 4.79 Å². The molecule has 2 aromatic rings. The largest absolute Gasteiger partial charge is 0.367 e. The van der Waals surface area contributed by atoms with Crippen LogP contribution in [0.3, 0.4) is 0 Å². The van der Waals surface area contributed by atoms with E-state index in [2.05, 4.69) is 15.2 Å². The Balaban J connectivity index is 1.38. The first-order valence-electron chi connectivity index (χ1n) is 10.9. The van der Waals surface area contributed by atoms with E-state index < -0.39 is 0 Å². The average molecular weight is 392 g/mol. The van der Waals surface area contributed by atoms with Gasteiger partial charge in [-0.05, 0) is 63.5 Å². The second-order valence-electron chi connectivity index (χ2n) is 8.96. The average Bonchev–Trinajstić information content (AvgIpc) is 3.03. The molecule has 1 atom stereocenters. The Bertz CT molecular complexity index is 911. The van der Waals surface area contributed by atoms with Crippen molar-refractivity contribution in [3.05, 3.63) is 47.2 Å². The predicted octanol–water partition coefficient (Wildman–Crippen LogP) is 3.19. The summed E-state index contributed by atoms with van der Waals surface area (Å²) in [6.45, 7) is 3.61. The first-order valence-corrected chi connectivity index (χ1v) is 10.9. The van der Waals surface area contributed by atoms with Gasteiger partial charge in [0.1, 0.15) is 11.6 Å². The van der Waals surface area contributed by atoms with Gasteiger partial charge in [0.05, 0.1) is 12.1 Å². The van der Waals surface area contributed by atoms with Crippen molar-refractivity contribution in [1.82, 2.24) is 19.9 Å². The highest BCUT2D eigenvalue weighted by molar-refractivity contribution is 5.79. The van der Waals surface area contributed by atoms with Crippen molar-refractivity contribution in [3.63, 3.8) is 0 Å². The van der Waals surface area contributed by atoms with Crippen molar-refractivity contribution < 1.29 is 4.79 Å². The Morgan fingerprint density at radius 2 is 2.17 bits per heavy atom. The van der Waals surface area contributed by atoms with E-state index in [1.807, 2.05) is 19.1 Å². The summed E-state index contributed by atoms with van der Waals surface area (Å²) in [6, 6.07) is 4.43. The molecule has 0 aromatic carbocycles. The lowest BCUT2D eigenvalue weighted by Gasteiger charge is -2.40. The van der Waals surface area contributed by atoms with Gasteiger partial charge < -0.3 is 10.2 Å². The number of likely N-dealkylation sites (tertiary alicyclic amines) is 1. The van der Waals surface area contributed by atoms with Gasteiger partial charge in [0, 0.05) is 42.5 Å². The molecule has 5 rings (SSSR count). The van der Waals surface area contributed by atoms with E-state index in [-0.39, 0.29) is 11.3 Å². The summed E-state index contributed by atoms with van der Waals surface area (Å²) in [7, 11) is 0. The minimum absolute atomic E-state index is 0.0120. The zero-order valence-corrected chi connectivity index (χ0v) is 17.2. The number of aromatic nitrogens is 3. The first-order chi connectivity index (χ1) is 14.1. The molecule has 0 bridgehead atoms. The number of fused-ring (bicyclic) bond motifs is 2. The number of hydrogen-bond acceptors (Lipinski definition) is 5. The monoisotopic (exact) mass is 391 g/mol. The summed E-state index contributed by atoms with van der Waals surface area (Å²) < 4.78 is 0. The maximum absolute atomic E-state index is 13.0. The number of nitrogens with zero attached hydrogens (tertiary/aromatic N) is 4. The molecule has 3 heterocycles. The third-order valence-corrected chi connectivity index (χ3v) is 6.93. The van der Waals surface area contributed by atoms with Gasteiger partial charge in [-0.3, -0.25) is 9.78 Å². The van der Waals surface area contributed by atoms with Crippen LogP contribution in [0.25, 0.3) is 0 Å². The maximum atomic E-state index is 13.0. The number of aryl methyl sites for hydroxylation is 1. The van der Waals surface area contributed by atoms with Gasteiger partial charge in [-0.2, -0.15) is 0 Å². The van der Waals surface area contributed by atoms with Gasteiger partial charge in [0.2, 0.25) is 5.91 Å². The summed E-state index contributed by atoms with van der Waals surface area (Å²) in [5.74, 6) is 2.09. The normalized spacial score (nSPS) is 23.7. The molecular formula is C23H29N5O. The smallest absolute Gasteiger partial charge is 0.227 e. The zero-order chi connectivity index (χ0) is 19.8. The van der Waals surface area contributed by atoms with Crippen molar-refractivity contribution in [2.24, 2.45) is 0 Å². The lowest BCUT2D eigenvalue weighted by atomic mass is 9.77. The van der Waals surface area contributed by atoms with E-state index in [1.165, 1.54) is 30.5 Å². The summed E-state index contributed by atoms with van der Waals surface area (Å²) in [5.41, 5.74) is 3.46. The minimum Gasteiger partial charge on any atom is -0.367 e. The fourth-order valence-corrected chi connectivity index (χ4v) is 5.15. The number of pyridine rings is 1. The molecule has 0 radical (unpaired) electrons. The predicted molar refractivity (Wildman–Crippen MR) is 112 cm³/mol. The second kappa shape index (κ2) is 7.39. The quantitative estimate of drug-likeness (QED) is 0.867. The first kappa shape index (κ1) is 18.5. The number of piperidine rings is 1. The highest BCUT2D eigenvalue weighted by Gasteiger charge is 2.45. The number of carbonyl (C=O) groups excluding carboxylic acids is 1. The molecule has 2 fully saturated rings. The van der Waals surface area contributed by atoms with E-state index in [0.717, 1.165) is 56.0 Å². The Kier molecular flexibility index (Phi) is 4.72. The van der Waals surface area contributed by atoms with E-state index in [0.29, 0.717) is 12.5 Å². The number of rotatable bonds is 4. The van der Waals surface area contributed by atoms with Gasteiger partial charge in [0.15, 0.2) is 0 Å². The molecular weight excluding hydrogens is 362 g/mol. The molecule has 3 aliphatic rings. The van der Waals surface area contributed by atoms with Crippen LogP contribution in [-0.4, -0.2) is 44.9 Å². The van der Waals surface area contributed by atoms with Crippen molar-refractivity contribution in [2.45, 2.75) is 69.7 Å². The SMILES string of the molecule is Cc1nc(NC2CCC2)c2c(n1)C1(CCCN(C(=O)Cc3cccnc3)C1)CC2. The van der Waals surface area contributed by atoms with Crippen LogP contribution in [0.1, 0.15) is 61.2 Å². The van der Waals surface area contributed by atoms with Crippen LogP contribution >= 0.6 is 0 Å². The van der Waals surface area contributed by atoms with Gasteiger partial charge >= 0.3 is 0 Å². The Labute approximate surface area is 172 Å². The van der Waals surface area contributed by atoms with Crippen molar-refractivity contribution in [1.29, 1.82) is 0 Å². The summed E-state index contributed by atoms with van der Waals surface area (Å²) >= 11 is 0. The fourth-order valence-electron chi connectivity index (χ4n) is 5.15. The molecule has 1 saturated heterocycles. The fraction of sp³-hybridized carbons (Fsp3) is 0.565. The van der Waals surface area contributed by atoms with E-state index in [1.54, 1.807) is 12.4 Å². The van der Waals surface area contributed by atoms with Crippen LogP contribution in [0.5, 0.6) is 0 Å². The molecule has 2 aliphatic carbocycles. The Morgan fingerprint density at radius 3 is 2.93 bits per heavy atom. The molecule has 1 spiro atoms. The van der Waals surface area contributed by atoms with Crippen LogP contribution in [0.2, 0.25) is 0 Å². The van der Waals surface area contributed by atoms with Gasteiger partial charge in [0.25, 0.3) is 0 Å². The molecule has 1 N–H and O–H groups in total. The van der Waals surface area contributed by atoms with Crippen LogP contribution in [0, 0.1) is 6.92 Å². The minimum atomic E-state index is -0.0120. The lowest BCUT2D eigenvalue weighted by molar-refractivity contribution is -0.132. The Hall–Kier alpha value is -2.50. The molecule has 152 valence electrons. The van der Waals surface area contributed by atoms with Crippen molar-refractivity contribution >= 4 is 11.7 Å². The number of nitrogens with one attached hydrogen (secondary N) is 1. The molecule has 6 nitrogen and oxygen atoms in total. The Morgan fingerprint density at radius 1 is 1.28 bits per heavy atom. The second-order valence-corrected chi connectivity index (χ2v) is 8.96.